The normalized spacial score (nSPS) is 13.3. The Hall–Kier alpha value is -0.920. The first kappa shape index (κ1) is 13.1. The van der Waals surface area contributed by atoms with E-state index in [9.17, 15) is 4.91 Å². The van der Waals surface area contributed by atoms with Crippen molar-refractivity contribution in [2.75, 3.05) is 0 Å². The molecule has 2 nitrogen and oxygen atoms in total. The number of nitrogens with zero attached hydrogens (tertiary/aromatic N) is 1. The van der Waals surface area contributed by atoms with Crippen LogP contribution in [0.25, 0.3) is 0 Å². The van der Waals surface area contributed by atoms with E-state index in [1.807, 2.05) is 6.08 Å². The molecule has 0 N–H and O–H groups in total. The number of hydrogen-bond acceptors (Lipinski definition) is 2. The van der Waals surface area contributed by atoms with Crippen LogP contribution >= 0.6 is 0 Å². The van der Waals surface area contributed by atoms with Gasteiger partial charge >= 0.3 is 0 Å². The van der Waals surface area contributed by atoms with Crippen LogP contribution in [0.2, 0.25) is 0 Å². The summed E-state index contributed by atoms with van der Waals surface area (Å²) < 4.78 is 0. The highest BCUT2D eigenvalue weighted by atomic mass is 16.3. The summed E-state index contributed by atoms with van der Waals surface area (Å²) in [6, 6.07) is -0.159. The summed E-state index contributed by atoms with van der Waals surface area (Å²) in [5.74, 6) is 0. The molecule has 0 aromatic rings. The van der Waals surface area contributed by atoms with Gasteiger partial charge in [-0.1, -0.05) is 31.2 Å². The van der Waals surface area contributed by atoms with Gasteiger partial charge in [0.1, 0.15) is 6.04 Å². The third kappa shape index (κ3) is 2.79. The molecule has 0 bridgehead atoms. The van der Waals surface area contributed by atoms with E-state index in [4.69, 9.17) is 0 Å². The van der Waals surface area contributed by atoms with E-state index in [-0.39, 0.29) is 11.5 Å². The lowest BCUT2D eigenvalue weighted by Crippen LogP contribution is -2.32. The lowest BCUT2D eigenvalue weighted by atomic mass is 9.72. The summed E-state index contributed by atoms with van der Waals surface area (Å²) in [6.45, 7) is 11.6. The summed E-state index contributed by atoms with van der Waals surface area (Å²) in [5.41, 5.74) is -0.0162. The molecular weight excluding hydrogens is 174 g/mol. The fourth-order valence-corrected chi connectivity index (χ4v) is 2.00. The van der Waals surface area contributed by atoms with Crippen molar-refractivity contribution in [1.29, 1.82) is 0 Å². The van der Waals surface area contributed by atoms with Gasteiger partial charge in [-0.2, -0.15) is 4.91 Å². The number of rotatable bonds is 8. The van der Waals surface area contributed by atoms with Crippen molar-refractivity contribution in [2.24, 2.45) is 10.6 Å². The third-order valence-corrected chi connectivity index (χ3v) is 3.18. The molecule has 0 amide bonds. The molecule has 1 unspecified atom stereocenters. The standard InChI is InChI=1S/C12H21NO/c1-5-9-11(13-14)12(7-3,8-4)10-6-2/h5-6,11H,1-2,7-10H2,3-4H3. The molecule has 2 heteroatoms. The fourth-order valence-electron chi connectivity index (χ4n) is 2.00. The Labute approximate surface area is 87.1 Å². The number of nitroso groups, excluding NO2 is 1. The van der Waals surface area contributed by atoms with Gasteiger partial charge in [0.05, 0.1) is 0 Å². The molecule has 0 heterocycles. The largest absolute Gasteiger partial charge is 0.150 e. The molecule has 0 aromatic heterocycles. The minimum atomic E-state index is -0.159. The van der Waals surface area contributed by atoms with Crippen LogP contribution < -0.4 is 0 Å². The fraction of sp³-hybridized carbons (Fsp3) is 0.667. The van der Waals surface area contributed by atoms with E-state index in [2.05, 4.69) is 32.2 Å². The van der Waals surface area contributed by atoms with Crippen LogP contribution in [-0.2, 0) is 0 Å². The van der Waals surface area contributed by atoms with E-state index in [1.165, 1.54) is 0 Å². The summed E-state index contributed by atoms with van der Waals surface area (Å²) in [5, 5.41) is 3.24. The Kier molecular flexibility index (Phi) is 6.09. The maximum atomic E-state index is 10.8. The third-order valence-electron chi connectivity index (χ3n) is 3.18. The summed E-state index contributed by atoms with van der Waals surface area (Å²) in [6.07, 6.45) is 7.09. The predicted octanol–water partition coefficient (Wildman–Crippen LogP) is 4.08. The quantitative estimate of drug-likeness (QED) is 0.424. The zero-order valence-corrected chi connectivity index (χ0v) is 9.33. The minimum Gasteiger partial charge on any atom is -0.150 e. The molecule has 0 aliphatic carbocycles. The van der Waals surface area contributed by atoms with E-state index < -0.39 is 0 Å². The maximum absolute atomic E-state index is 10.8. The predicted molar refractivity (Wildman–Crippen MR) is 62.2 cm³/mol. The Morgan fingerprint density at radius 3 is 2.14 bits per heavy atom. The molecule has 0 aliphatic rings. The first-order valence-electron chi connectivity index (χ1n) is 5.25. The topological polar surface area (TPSA) is 29.4 Å². The zero-order chi connectivity index (χ0) is 11.0. The van der Waals surface area contributed by atoms with E-state index in [0.29, 0.717) is 6.42 Å². The van der Waals surface area contributed by atoms with Crippen molar-refractivity contribution in [3.05, 3.63) is 30.2 Å². The molecular formula is C12H21NO. The van der Waals surface area contributed by atoms with Crippen LogP contribution in [0, 0.1) is 10.3 Å². The Morgan fingerprint density at radius 1 is 1.29 bits per heavy atom. The van der Waals surface area contributed by atoms with Crippen molar-refractivity contribution in [1.82, 2.24) is 0 Å². The van der Waals surface area contributed by atoms with Gasteiger partial charge in [0.2, 0.25) is 0 Å². The maximum Gasteiger partial charge on any atom is 0.101 e. The molecule has 0 rings (SSSR count). The molecule has 0 fully saturated rings. The van der Waals surface area contributed by atoms with Gasteiger partial charge < -0.3 is 0 Å². The molecule has 0 saturated heterocycles. The molecule has 0 aliphatic heterocycles. The Morgan fingerprint density at radius 2 is 1.86 bits per heavy atom. The smallest absolute Gasteiger partial charge is 0.101 e. The molecule has 0 radical (unpaired) electrons. The van der Waals surface area contributed by atoms with Gasteiger partial charge in [-0.3, -0.25) is 0 Å². The highest BCUT2D eigenvalue weighted by Gasteiger charge is 2.34. The van der Waals surface area contributed by atoms with Gasteiger partial charge in [0.15, 0.2) is 0 Å². The summed E-state index contributed by atoms with van der Waals surface area (Å²) in [7, 11) is 0. The van der Waals surface area contributed by atoms with Crippen molar-refractivity contribution >= 4 is 0 Å². The Balaban J connectivity index is 4.79. The van der Waals surface area contributed by atoms with Crippen LogP contribution in [0.5, 0.6) is 0 Å². The van der Waals surface area contributed by atoms with Crippen molar-refractivity contribution in [3.63, 3.8) is 0 Å². The van der Waals surface area contributed by atoms with Crippen LogP contribution in [0.15, 0.2) is 30.5 Å². The molecule has 14 heavy (non-hydrogen) atoms. The lowest BCUT2D eigenvalue weighted by molar-refractivity contribution is 0.206. The average Bonchev–Trinajstić information content (AvgIpc) is 2.23. The van der Waals surface area contributed by atoms with E-state index in [0.717, 1.165) is 19.3 Å². The Bertz CT molecular complexity index is 194. The van der Waals surface area contributed by atoms with Crippen LogP contribution in [0.4, 0.5) is 0 Å². The van der Waals surface area contributed by atoms with Crippen LogP contribution in [-0.4, -0.2) is 6.04 Å². The van der Waals surface area contributed by atoms with Gasteiger partial charge in [-0.05, 0) is 31.1 Å². The zero-order valence-electron chi connectivity index (χ0n) is 9.33. The highest BCUT2D eigenvalue weighted by molar-refractivity contribution is 4.96. The minimum absolute atomic E-state index is 0.0162. The molecule has 80 valence electrons. The SMILES string of the molecule is C=CCC(N=O)C(CC)(CC)CC=C. The second-order valence-corrected chi connectivity index (χ2v) is 3.71. The van der Waals surface area contributed by atoms with Crippen molar-refractivity contribution in [3.8, 4) is 0 Å². The lowest BCUT2D eigenvalue weighted by Gasteiger charge is -2.34. The second kappa shape index (κ2) is 6.52. The summed E-state index contributed by atoms with van der Waals surface area (Å²) in [4.78, 5) is 10.8. The first-order chi connectivity index (χ1) is 6.70. The molecule has 1 atom stereocenters. The first-order valence-corrected chi connectivity index (χ1v) is 5.25. The van der Waals surface area contributed by atoms with E-state index in [1.54, 1.807) is 6.08 Å². The van der Waals surface area contributed by atoms with E-state index >= 15 is 0 Å². The molecule has 0 aromatic carbocycles. The number of allylic oxidation sites excluding steroid dienone is 1. The van der Waals surface area contributed by atoms with Crippen LogP contribution in [0.3, 0.4) is 0 Å². The highest BCUT2D eigenvalue weighted by Crippen LogP contribution is 2.38. The second-order valence-electron chi connectivity index (χ2n) is 3.71. The average molecular weight is 195 g/mol. The van der Waals surface area contributed by atoms with Crippen LogP contribution in [0.1, 0.15) is 39.5 Å². The van der Waals surface area contributed by atoms with Gasteiger partial charge in [-0.25, -0.2) is 0 Å². The summed E-state index contributed by atoms with van der Waals surface area (Å²) >= 11 is 0. The van der Waals surface area contributed by atoms with Crippen molar-refractivity contribution in [2.45, 2.75) is 45.6 Å². The molecule has 0 saturated carbocycles. The monoisotopic (exact) mass is 195 g/mol. The molecule has 0 spiro atoms. The van der Waals surface area contributed by atoms with Crippen molar-refractivity contribution < 1.29 is 0 Å². The van der Waals surface area contributed by atoms with Gasteiger partial charge in [0, 0.05) is 0 Å². The van der Waals surface area contributed by atoms with Gasteiger partial charge in [0.25, 0.3) is 0 Å². The van der Waals surface area contributed by atoms with Gasteiger partial charge in [-0.15, -0.1) is 13.2 Å². The number of hydrogen-bond donors (Lipinski definition) is 0.